The number of carbonyl (C=O) groups is 1. The normalized spacial score (nSPS) is 18.1. The minimum absolute atomic E-state index is 0.0624. The highest BCUT2D eigenvalue weighted by Crippen LogP contribution is 2.39. The van der Waals surface area contributed by atoms with Crippen LogP contribution >= 0.6 is 0 Å². The average molecular weight is 560 g/mol. The quantitative estimate of drug-likeness (QED) is 0.422. The van der Waals surface area contributed by atoms with E-state index in [0.29, 0.717) is 42.8 Å². The third-order valence-electron chi connectivity index (χ3n) is 8.34. The van der Waals surface area contributed by atoms with Crippen molar-refractivity contribution in [2.45, 2.75) is 84.3 Å². The number of fused-ring (bicyclic) bond motifs is 3. The molecular formula is C32H41N5O4. The minimum atomic E-state index is -0.547. The molecule has 2 heterocycles. The Hall–Kier alpha value is -4.01. The van der Waals surface area contributed by atoms with Crippen molar-refractivity contribution in [2.24, 2.45) is 10.7 Å². The molecule has 0 saturated heterocycles. The Morgan fingerprint density at radius 1 is 1.00 bits per heavy atom. The number of nitrogens with two attached hydrogens (primary N) is 1. The number of hydrogen-bond donors (Lipinski definition) is 2. The number of amides is 2. The Bertz CT molecular complexity index is 1600. The molecule has 1 aliphatic heterocycles. The molecule has 41 heavy (non-hydrogen) atoms. The molecule has 1 aliphatic carbocycles. The minimum Gasteiger partial charge on any atom is -0.493 e. The lowest BCUT2D eigenvalue weighted by atomic mass is 9.86. The molecule has 218 valence electrons. The second-order valence-electron chi connectivity index (χ2n) is 11.9. The van der Waals surface area contributed by atoms with Crippen LogP contribution in [-0.2, 0) is 13.0 Å². The topological polar surface area (TPSA) is 113 Å². The fourth-order valence-electron chi connectivity index (χ4n) is 6.15. The summed E-state index contributed by atoms with van der Waals surface area (Å²) in [5.74, 6) is 1.79. The summed E-state index contributed by atoms with van der Waals surface area (Å²) in [5.41, 5.74) is 13.2. The standard InChI is InChI=1S/C32H41N5O4/c1-17(2)23-10-19(5)11-24(18(3)4)30(23)35-29-16-26-25-15-28(41-7)27(40-6)12-20(25)8-9-36(26)32(39)37(29)22-13-21(14-22)34-31(33)38/h10-12,15-18,21-22H,8-9,13-14H2,1-7H3,(H3,33,34,38)/b35-29+. The van der Waals surface area contributed by atoms with Crippen LogP contribution in [0.15, 0.2) is 40.1 Å². The van der Waals surface area contributed by atoms with E-state index >= 15 is 0 Å². The maximum absolute atomic E-state index is 14.3. The number of aryl methyl sites for hydroxylation is 2. The van der Waals surface area contributed by atoms with Crippen LogP contribution in [0.2, 0.25) is 0 Å². The van der Waals surface area contributed by atoms with E-state index < -0.39 is 6.03 Å². The summed E-state index contributed by atoms with van der Waals surface area (Å²) in [6.07, 6.45) is 1.94. The number of ether oxygens (including phenoxy) is 2. The second kappa shape index (κ2) is 11.1. The van der Waals surface area contributed by atoms with Gasteiger partial charge in [0.1, 0.15) is 5.49 Å². The smallest absolute Gasteiger partial charge is 0.330 e. The lowest BCUT2D eigenvalue weighted by Crippen LogP contribution is -2.53. The third kappa shape index (κ3) is 5.25. The fourth-order valence-corrected chi connectivity index (χ4v) is 6.15. The van der Waals surface area contributed by atoms with Crippen molar-refractivity contribution in [3.63, 3.8) is 0 Å². The number of carbonyl (C=O) groups excluding carboxylic acids is 1. The van der Waals surface area contributed by atoms with Crippen molar-refractivity contribution >= 4 is 11.7 Å². The van der Waals surface area contributed by atoms with Crippen LogP contribution in [0.1, 0.15) is 80.7 Å². The number of hydrogen-bond acceptors (Lipinski definition) is 5. The zero-order valence-electron chi connectivity index (χ0n) is 25.1. The average Bonchev–Trinajstić information content (AvgIpc) is 2.90. The number of rotatable bonds is 7. The molecule has 3 N–H and O–H groups in total. The molecule has 1 aromatic heterocycles. The van der Waals surface area contributed by atoms with Gasteiger partial charge in [0.25, 0.3) is 0 Å². The molecule has 1 fully saturated rings. The van der Waals surface area contributed by atoms with E-state index in [4.69, 9.17) is 20.2 Å². The zero-order valence-corrected chi connectivity index (χ0v) is 25.1. The van der Waals surface area contributed by atoms with Gasteiger partial charge in [0.15, 0.2) is 11.5 Å². The molecule has 0 spiro atoms. The monoisotopic (exact) mass is 559 g/mol. The van der Waals surface area contributed by atoms with Crippen molar-refractivity contribution in [1.82, 2.24) is 14.5 Å². The van der Waals surface area contributed by atoms with E-state index in [1.54, 1.807) is 14.2 Å². The van der Waals surface area contributed by atoms with Crippen LogP contribution in [0.3, 0.4) is 0 Å². The van der Waals surface area contributed by atoms with Gasteiger partial charge in [0.05, 0.1) is 25.6 Å². The van der Waals surface area contributed by atoms with Gasteiger partial charge in [-0.2, -0.15) is 0 Å². The van der Waals surface area contributed by atoms with Gasteiger partial charge in [-0.15, -0.1) is 0 Å². The number of urea groups is 1. The Morgan fingerprint density at radius 2 is 1.61 bits per heavy atom. The number of nitrogens with one attached hydrogen (secondary N) is 1. The van der Waals surface area contributed by atoms with Gasteiger partial charge < -0.3 is 20.5 Å². The number of aromatic nitrogens is 2. The Balaban J connectivity index is 1.79. The molecule has 0 bridgehead atoms. The fraction of sp³-hybridized carbons (Fsp3) is 0.469. The SMILES string of the molecule is COc1cc2c(cc1OC)-c1c/c(=N\c3c(C(C)C)cc(C)cc3C(C)C)n(C3CC(NC(N)=O)C3)c(=O)n1CC2. The molecule has 0 unspecified atom stereocenters. The molecular weight excluding hydrogens is 518 g/mol. The van der Waals surface area contributed by atoms with Crippen LogP contribution in [0, 0.1) is 6.92 Å². The van der Waals surface area contributed by atoms with Gasteiger partial charge in [-0.3, -0.25) is 9.13 Å². The van der Waals surface area contributed by atoms with E-state index in [-0.39, 0.29) is 29.6 Å². The van der Waals surface area contributed by atoms with E-state index in [9.17, 15) is 9.59 Å². The van der Waals surface area contributed by atoms with Gasteiger partial charge in [0, 0.05) is 30.3 Å². The second-order valence-corrected chi connectivity index (χ2v) is 11.9. The summed E-state index contributed by atoms with van der Waals surface area (Å²) in [5, 5.41) is 2.78. The van der Waals surface area contributed by atoms with Crippen molar-refractivity contribution < 1.29 is 14.3 Å². The summed E-state index contributed by atoms with van der Waals surface area (Å²) in [6.45, 7) is 11.4. The summed E-state index contributed by atoms with van der Waals surface area (Å²) in [7, 11) is 3.25. The highest BCUT2D eigenvalue weighted by molar-refractivity contribution is 5.72. The number of nitrogens with zero attached hydrogens (tertiary/aromatic N) is 3. The van der Waals surface area contributed by atoms with Crippen molar-refractivity contribution in [3.8, 4) is 22.8 Å². The summed E-state index contributed by atoms with van der Waals surface area (Å²) < 4.78 is 14.8. The van der Waals surface area contributed by atoms with Crippen LogP contribution in [-0.4, -0.2) is 35.4 Å². The van der Waals surface area contributed by atoms with Gasteiger partial charge in [-0.25, -0.2) is 14.6 Å². The first-order chi connectivity index (χ1) is 19.5. The van der Waals surface area contributed by atoms with Crippen LogP contribution < -0.4 is 31.7 Å². The summed E-state index contributed by atoms with van der Waals surface area (Å²) in [6, 6.07) is 9.68. The largest absolute Gasteiger partial charge is 0.493 e. The van der Waals surface area contributed by atoms with Gasteiger partial charge in [-0.1, -0.05) is 45.4 Å². The first kappa shape index (κ1) is 28.5. The van der Waals surface area contributed by atoms with Crippen molar-refractivity contribution in [2.75, 3.05) is 14.2 Å². The van der Waals surface area contributed by atoms with Crippen molar-refractivity contribution in [1.29, 1.82) is 0 Å². The van der Waals surface area contributed by atoms with Gasteiger partial charge in [0.2, 0.25) is 0 Å². The molecule has 3 aromatic rings. The Labute approximate surface area is 241 Å². The third-order valence-corrected chi connectivity index (χ3v) is 8.34. The van der Waals surface area contributed by atoms with Gasteiger partial charge >= 0.3 is 11.7 Å². The predicted octanol–water partition coefficient (Wildman–Crippen LogP) is 5.05. The van der Waals surface area contributed by atoms with E-state index in [0.717, 1.165) is 33.6 Å². The zero-order chi connectivity index (χ0) is 29.6. The number of primary amides is 1. The first-order valence-corrected chi connectivity index (χ1v) is 14.4. The summed E-state index contributed by atoms with van der Waals surface area (Å²) in [4.78, 5) is 31.0. The molecule has 0 radical (unpaired) electrons. The summed E-state index contributed by atoms with van der Waals surface area (Å²) >= 11 is 0. The molecule has 9 nitrogen and oxygen atoms in total. The maximum atomic E-state index is 14.3. The molecule has 1 saturated carbocycles. The molecule has 2 aliphatic rings. The molecule has 2 aromatic carbocycles. The van der Waals surface area contributed by atoms with Crippen LogP contribution in [0.4, 0.5) is 10.5 Å². The Kier molecular flexibility index (Phi) is 7.72. The lowest BCUT2D eigenvalue weighted by molar-refractivity contribution is 0.202. The van der Waals surface area contributed by atoms with Gasteiger partial charge in [-0.05, 0) is 66.8 Å². The molecule has 0 atom stereocenters. The van der Waals surface area contributed by atoms with E-state index in [1.807, 2.05) is 27.3 Å². The van der Waals surface area contributed by atoms with Crippen LogP contribution in [0.25, 0.3) is 11.3 Å². The predicted molar refractivity (Wildman–Crippen MR) is 160 cm³/mol. The van der Waals surface area contributed by atoms with E-state index in [2.05, 4.69) is 52.1 Å². The van der Waals surface area contributed by atoms with E-state index in [1.165, 1.54) is 5.56 Å². The highest BCUT2D eigenvalue weighted by atomic mass is 16.5. The maximum Gasteiger partial charge on any atom is 0.330 e. The molecule has 2 amide bonds. The lowest BCUT2D eigenvalue weighted by Gasteiger charge is -2.37. The first-order valence-electron chi connectivity index (χ1n) is 14.4. The van der Waals surface area contributed by atoms with Crippen molar-refractivity contribution in [3.05, 3.63) is 68.6 Å². The highest BCUT2D eigenvalue weighted by Gasteiger charge is 2.34. The van der Waals surface area contributed by atoms with Crippen LogP contribution in [0.5, 0.6) is 11.5 Å². The molecule has 9 heteroatoms. The number of methoxy groups -OCH3 is 2. The number of benzene rings is 2. The Morgan fingerprint density at radius 3 is 2.17 bits per heavy atom. The molecule has 5 rings (SSSR count).